The van der Waals surface area contributed by atoms with Crippen LogP contribution in [-0.2, 0) is 21.6 Å². The Balaban J connectivity index is 0.000000481. The van der Waals surface area contributed by atoms with Gasteiger partial charge in [0, 0.05) is 21.9 Å². The van der Waals surface area contributed by atoms with Crippen molar-refractivity contribution < 1.29 is 41.5 Å². The van der Waals surface area contributed by atoms with E-state index in [1.165, 1.54) is 0 Å². The molecule has 2 heterocycles. The molecular weight excluding hydrogens is 486 g/mol. The zero-order valence-corrected chi connectivity index (χ0v) is 19.7. The molecule has 1 aliphatic heterocycles. The summed E-state index contributed by atoms with van der Waals surface area (Å²) in [6.07, 6.45) is 3.69. The van der Waals surface area contributed by atoms with Crippen molar-refractivity contribution in [3.05, 3.63) is 58.0 Å². The van der Waals surface area contributed by atoms with Crippen LogP contribution < -0.4 is 4.57 Å². The van der Waals surface area contributed by atoms with Crippen LogP contribution in [0.4, 0.5) is 5.69 Å². The Hall–Kier alpha value is -3.07. The van der Waals surface area contributed by atoms with E-state index in [0.717, 1.165) is 17.0 Å². The lowest BCUT2D eigenvalue weighted by molar-refractivity contribution is -0.667. The third-order valence-electron chi connectivity index (χ3n) is 5.04. The normalized spacial score (nSPS) is 13.6. The molecule has 0 bridgehead atoms. The standard InChI is InChI=1S/C20H18N3O4S.CH4O4S/c1-22-7-8-28-17(22)9-21-16-6-5-15-18-13(16)3-2-4-14(18)19(26)23(20(15)27)12(10-24)11-25;1-5-6(2,3)4/h2-9,12,24-25H,10-11H2,1H3;1H3,(H,2,3,4)/q+1;/p-1. The van der Waals surface area contributed by atoms with E-state index in [2.05, 4.69) is 9.18 Å². The van der Waals surface area contributed by atoms with Crippen molar-refractivity contribution in [3.63, 3.8) is 0 Å². The lowest BCUT2D eigenvalue weighted by Gasteiger charge is -2.32. The summed E-state index contributed by atoms with van der Waals surface area (Å²) in [5, 5.41) is 23.1. The minimum Gasteiger partial charge on any atom is -0.726 e. The molecule has 34 heavy (non-hydrogen) atoms. The number of benzene rings is 2. The molecule has 3 aromatic rings. The number of aromatic nitrogens is 1. The number of rotatable bonds is 6. The van der Waals surface area contributed by atoms with Gasteiger partial charge in [-0.1, -0.05) is 23.5 Å². The Morgan fingerprint density at radius 2 is 1.79 bits per heavy atom. The molecule has 0 spiro atoms. The first-order valence-corrected chi connectivity index (χ1v) is 12.0. The SMILES string of the molecule is COS(=O)(=O)[O-].C[n+]1ccsc1C=Nc1ccc2c3c(cccc13)C(=O)N(C(CO)CO)C2=O. The topological polar surface area (TPSA) is 161 Å². The van der Waals surface area contributed by atoms with Crippen LogP contribution in [0.2, 0.25) is 0 Å². The molecule has 2 amide bonds. The maximum absolute atomic E-state index is 12.9. The highest BCUT2D eigenvalue weighted by Crippen LogP contribution is 2.36. The van der Waals surface area contributed by atoms with Gasteiger partial charge in [0.1, 0.15) is 13.3 Å². The highest BCUT2D eigenvalue weighted by atomic mass is 32.3. The molecule has 0 saturated heterocycles. The Kier molecular flexibility index (Phi) is 7.86. The molecule has 0 atom stereocenters. The number of hydrogen-bond donors (Lipinski definition) is 2. The molecule has 2 N–H and O–H groups in total. The number of aliphatic imine (C=N–C) groups is 1. The molecule has 0 saturated carbocycles. The molecule has 13 heteroatoms. The van der Waals surface area contributed by atoms with E-state index in [1.54, 1.807) is 41.8 Å². The van der Waals surface area contributed by atoms with Crippen molar-refractivity contribution in [1.82, 2.24) is 4.90 Å². The maximum Gasteiger partial charge on any atom is 0.279 e. The molecular formula is C21H21N3O8S2. The van der Waals surface area contributed by atoms with E-state index in [0.29, 0.717) is 27.6 Å². The van der Waals surface area contributed by atoms with Crippen molar-refractivity contribution in [3.8, 4) is 0 Å². The van der Waals surface area contributed by atoms with Crippen molar-refractivity contribution in [1.29, 1.82) is 0 Å². The van der Waals surface area contributed by atoms with Gasteiger partial charge in [-0.15, -0.1) is 0 Å². The fraction of sp³-hybridized carbons (Fsp3) is 0.238. The van der Waals surface area contributed by atoms with Crippen LogP contribution in [0.15, 0.2) is 46.9 Å². The second-order valence-electron chi connectivity index (χ2n) is 7.04. The summed E-state index contributed by atoms with van der Waals surface area (Å²) in [5.74, 6) is -1.05. The zero-order chi connectivity index (χ0) is 25.0. The van der Waals surface area contributed by atoms with Gasteiger partial charge in [-0.25, -0.2) is 13.4 Å². The number of thiazole rings is 1. The van der Waals surface area contributed by atoms with Gasteiger partial charge in [-0.05, 0) is 18.2 Å². The number of amides is 2. The summed E-state index contributed by atoms with van der Waals surface area (Å²) in [7, 11) is -1.67. The molecule has 0 aliphatic carbocycles. The zero-order valence-electron chi connectivity index (χ0n) is 18.1. The molecule has 4 rings (SSSR count). The summed E-state index contributed by atoms with van der Waals surface area (Å²) in [5.41, 5.74) is 1.37. The average molecular weight is 508 g/mol. The van der Waals surface area contributed by atoms with Gasteiger partial charge >= 0.3 is 0 Å². The Bertz CT molecular complexity index is 1340. The summed E-state index contributed by atoms with van der Waals surface area (Å²) < 4.78 is 33.0. The molecule has 0 radical (unpaired) electrons. The summed E-state index contributed by atoms with van der Waals surface area (Å²) >= 11 is 1.56. The second-order valence-corrected chi connectivity index (χ2v) is 9.12. The lowest BCUT2D eigenvalue weighted by Crippen LogP contribution is -2.50. The van der Waals surface area contributed by atoms with Gasteiger partial charge in [0.2, 0.25) is 10.4 Å². The van der Waals surface area contributed by atoms with E-state index in [-0.39, 0.29) is 0 Å². The van der Waals surface area contributed by atoms with Gasteiger partial charge in [0.15, 0.2) is 6.20 Å². The number of imide groups is 1. The average Bonchev–Trinajstić information content (AvgIpc) is 3.23. The van der Waals surface area contributed by atoms with Crippen LogP contribution in [0.1, 0.15) is 25.7 Å². The lowest BCUT2D eigenvalue weighted by atomic mass is 9.92. The van der Waals surface area contributed by atoms with E-state index in [4.69, 9.17) is 0 Å². The van der Waals surface area contributed by atoms with E-state index in [9.17, 15) is 32.8 Å². The van der Waals surface area contributed by atoms with Crippen LogP contribution >= 0.6 is 11.3 Å². The fourth-order valence-electron chi connectivity index (χ4n) is 3.36. The van der Waals surface area contributed by atoms with Crippen LogP contribution in [0.5, 0.6) is 0 Å². The highest BCUT2D eigenvalue weighted by molar-refractivity contribution is 7.80. The first-order valence-electron chi connectivity index (χ1n) is 9.76. The van der Waals surface area contributed by atoms with E-state index >= 15 is 0 Å². The predicted molar refractivity (Wildman–Crippen MR) is 122 cm³/mol. The monoisotopic (exact) mass is 507 g/mol. The fourth-order valence-corrected chi connectivity index (χ4v) is 4.08. The number of carbonyl (C=O) groups excluding carboxylic acids is 2. The van der Waals surface area contributed by atoms with Crippen molar-refractivity contribution >= 4 is 56.2 Å². The van der Waals surface area contributed by atoms with Crippen molar-refractivity contribution in [2.45, 2.75) is 6.04 Å². The predicted octanol–water partition coefficient (Wildman–Crippen LogP) is 0.519. The van der Waals surface area contributed by atoms with Gasteiger partial charge in [-0.3, -0.25) is 18.7 Å². The third kappa shape index (κ3) is 5.19. The van der Waals surface area contributed by atoms with Crippen LogP contribution in [-0.4, -0.2) is 72.5 Å². The Morgan fingerprint density at radius 1 is 1.18 bits per heavy atom. The molecule has 0 fully saturated rings. The Labute approximate surface area is 199 Å². The first-order chi connectivity index (χ1) is 16.1. The van der Waals surface area contributed by atoms with Crippen LogP contribution in [0.25, 0.3) is 10.8 Å². The number of aryl methyl sites for hydroxylation is 1. The molecule has 11 nitrogen and oxygen atoms in total. The number of aliphatic hydroxyl groups excluding tert-OH is 2. The van der Waals surface area contributed by atoms with E-state index < -0.39 is 41.5 Å². The summed E-state index contributed by atoms with van der Waals surface area (Å²) in [6.45, 7) is -1.00. The summed E-state index contributed by atoms with van der Waals surface area (Å²) in [4.78, 5) is 31.3. The largest absolute Gasteiger partial charge is 0.726 e. The molecule has 0 unspecified atom stereocenters. The summed E-state index contributed by atoms with van der Waals surface area (Å²) in [6, 6.07) is 7.62. The minimum atomic E-state index is -4.41. The number of aliphatic hydroxyl groups is 2. The molecule has 180 valence electrons. The van der Waals surface area contributed by atoms with E-state index in [1.807, 2.05) is 29.3 Å². The van der Waals surface area contributed by atoms with Crippen LogP contribution in [0.3, 0.4) is 0 Å². The minimum absolute atomic E-state index is 0.359. The van der Waals surface area contributed by atoms with Gasteiger partial charge in [-0.2, -0.15) is 4.57 Å². The molecule has 1 aliphatic rings. The number of carbonyl (C=O) groups is 2. The second kappa shape index (κ2) is 10.5. The molecule has 2 aromatic carbocycles. The smallest absolute Gasteiger partial charge is 0.279 e. The van der Waals surface area contributed by atoms with Gasteiger partial charge < -0.3 is 14.8 Å². The first kappa shape index (κ1) is 25.6. The van der Waals surface area contributed by atoms with Crippen molar-refractivity contribution in [2.24, 2.45) is 12.0 Å². The third-order valence-corrected chi connectivity index (χ3v) is 6.34. The quantitative estimate of drug-likeness (QED) is 0.160. The Morgan fingerprint density at radius 3 is 2.32 bits per heavy atom. The van der Waals surface area contributed by atoms with Gasteiger partial charge in [0.05, 0.1) is 37.4 Å². The van der Waals surface area contributed by atoms with Crippen molar-refractivity contribution in [2.75, 3.05) is 20.3 Å². The number of hydrogen-bond acceptors (Lipinski definition) is 10. The highest BCUT2D eigenvalue weighted by Gasteiger charge is 2.37. The van der Waals surface area contributed by atoms with Crippen LogP contribution in [0, 0.1) is 0 Å². The number of nitrogens with zero attached hydrogens (tertiary/aromatic N) is 3. The maximum atomic E-state index is 12.9. The molecule has 1 aromatic heterocycles. The van der Waals surface area contributed by atoms with Gasteiger partial charge in [0.25, 0.3) is 16.8 Å².